The van der Waals surface area contributed by atoms with Gasteiger partial charge in [0.15, 0.2) is 0 Å². The van der Waals surface area contributed by atoms with Crippen LogP contribution in [0.3, 0.4) is 0 Å². The molecule has 1 saturated heterocycles. The van der Waals surface area contributed by atoms with Crippen molar-refractivity contribution in [3.63, 3.8) is 0 Å². The number of nitrogens with zero attached hydrogens (tertiary/aromatic N) is 2. The van der Waals surface area contributed by atoms with Gasteiger partial charge in [-0.3, -0.25) is 0 Å². The Bertz CT molecular complexity index is 657. The highest BCUT2D eigenvalue weighted by Crippen LogP contribution is 2.28. The van der Waals surface area contributed by atoms with Crippen LogP contribution in [-0.2, 0) is 0 Å². The largest absolute Gasteiger partial charge is 0.476 e. The Labute approximate surface area is 133 Å². The molecule has 2 aromatic rings. The number of fused-ring (bicyclic) bond motifs is 1. The van der Waals surface area contributed by atoms with Gasteiger partial charge in [0.05, 0.1) is 27.7 Å². The quantitative estimate of drug-likeness (QED) is 0.936. The maximum atomic E-state index is 6.03. The average Bonchev–Trinajstić information content (AvgIpc) is 2.48. The van der Waals surface area contributed by atoms with Gasteiger partial charge in [-0.1, -0.05) is 23.2 Å². The van der Waals surface area contributed by atoms with E-state index in [0.29, 0.717) is 34.0 Å². The Morgan fingerprint density at radius 1 is 1.14 bits per heavy atom. The summed E-state index contributed by atoms with van der Waals surface area (Å²) in [7, 11) is 0. The lowest BCUT2D eigenvalue weighted by molar-refractivity contribution is 0.207. The normalized spacial score (nSPS) is 16.3. The Kier molecular flexibility index (Phi) is 4.48. The minimum absolute atomic E-state index is 0.478. The fourth-order valence-corrected chi connectivity index (χ4v) is 2.82. The summed E-state index contributed by atoms with van der Waals surface area (Å²) in [4.78, 5) is 9.02. The first-order valence-corrected chi connectivity index (χ1v) is 7.86. The number of ether oxygens (including phenoxy) is 1. The van der Waals surface area contributed by atoms with Crippen LogP contribution in [0.25, 0.3) is 11.0 Å². The SMILES string of the molecule is Cc1nc2cc(Cl)c(Cl)cc2nc1OCC1CCNCC1. The van der Waals surface area contributed by atoms with Crippen molar-refractivity contribution in [2.24, 2.45) is 5.92 Å². The first-order chi connectivity index (χ1) is 10.1. The fraction of sp³-hybridized carbons (Fsp3) is 0.467. The number of aryl methyl sites for hydroxylation is 1. The molecular weight excluding hydrogens is 309 g/mol. The van der Waals surface area contributed by atoms with Crippen LogP contribution in [0.15, 0.2) is 12.1 Å². The summed E-state index contributed by atoms with van der Waals surface area (Å²) in [5.74, 6) is 1.16. The Morgan fingerprint density at radius 3 is 2.43 bits per heavy atom. The predicted molar refractivity (Wildman–Crippen MR) is 85.4 cm³/mol. The molecule has 4 nitrogen and oxygen atoms in total. The molecule has 6 heteroatoms. The molecule has 3 rings (SSSR count). The smallest absolute Gasteiger partial charge is 0.235 e. The summed E-state index contributed by atoms with van der Waals surface area (Å²) >= 11 is 12.0. The first kappa shape index (κ1) is 14.8. The molecule has 0 aliphatic carbocycles. The average molecular weight is 326 g/mol. The summed E-state index contributed by atoms with van der Waals surface area (Å²) < 4.78 is 5.88. The van der Waals surface area contributed by atoms with Crippen molar-refractivity contribution in [3.05, 3.63) is 27.9 Å². The van der Waals surface area contributed by atoms with Crippen LogP contribution in [0, 0.1) is 12.8 Å². The number of rotatable bonds is 3. The summed E-state index contributed by atoms with van der Waals surface area (Å²) in [6.07, 6.45) is 2.28. The third-order valence-corrected chi connectivity index (χ3v) is 4.47. The van der Waals surface area contributed by atoms with Crippen molar-refractivity contribution in [1.82, 2.24) is 15.3 Å². The van der Waals surface area contributed by atoms with Gasteiger partial charge < -0.3 is 10.1 Å². The molecule has 0 atom stereocenters. The molecule has 1 aliphatic rings. The van der Waals surface area contributed by atoms with E-state index < -0.39 is 0 Å². The topological polar surface area (TPSA) is 47.0 Å². The first-order valence-electron chi connectivity index (χ1n) is 7.10. The lowest BCUT2D eigenvalue weighted by Crippen LogP contribution is -2.30. The van der Waals surface area contributed by atoms with E-state index in [9.17, 15) is 0 Å². The van der Waals surface area contributed by atoms with Crippen molar-refractivity contribution in [1.29, 1.82) is 0 Å². The molecule has 21 heavy (non-hydrogen) atoms. The van der Waals surface area contributed by atoms with Gasteiger partial charge in [-0.25, -0.2) is 9.97 Å². The highest BCUT2D eigenvalue weighted by Gasteiger charge is 2.15. The second kappa shape index (κ2) is 6.34. The standard InChI is InChI=1S/C15H17Cl2N3O/c1-9-15(21-8-10-2-4-18-5-3-10)20-14-7-12(17)11(16)6-13(14)19-9/h6-7,10,18H,2-5,8H2,1H3. The summed E-state index contributed by atoms with van der Waals surface area (Å²) in [6.45, 7) is 4.70. The number of aromatic nitrogens is 2. The van der Waals surface area contributed by atoms with Crippen molar-refractivity contribution < 1.29 is 4.74 Å². The van der Waals surface area contributed by atoms with Crippen molar-refractivity contribution in [2.45, 2.75) is 19.8 Å². The second-order valence-corrected chi connectivity index (χ2v) is 6.19. The summed E-state index contributed by atoms with van der Waals surface area (Å²) in [5, 5.41) is 4.31. The molecule has 1 aromatic heterocycles. The van der Waals surface area contributed by atoms with Gasteiger partial charge in [0.25, 0.3) is 0 Å². The van der Waals surface area contributed by atoms with Crippen molar-refractivity contribution in [2.75, 3.05) is 19.7 Å². The number of halogens is 2. The van der Waals surface area contributed by atoms with Crippen LogP contribution in [0.2, 0.25) is 10.0 Å². The van der Waals surface area contributed by atoms with Gasteiger partial charge in [-0.05, 0) is 50.9 Å². The zero-order chi connectivity index (χ0) is 14.8. The molecule has 1 N–H and O–H groups in total. The van der Waals surface area contributed by atoms with Crippen LogP contribution < -0.4 is 10.1 Å². The minimum Gasteiger partial charge on any atom is -0.476 e. The van der Waals surface area contributed by atoms with E-state index in [1.807, 2.05) is 6.92 Å². The molecule has 0 spiro atoms. The highest BCUT2D eigenvalue weighted by molar-refractivity contribution is 6.42. The monoisotopic (exact) mass is 325 g/mol. The van der Waals surface area contributed by atoms with E-state index in [1.165, 1.54) is 0 Å². The van der Waals surface area contributed by atoms with Gasteiger partial charge in [-0.15, -0.1) is 0 Å². The van der Waals surface area contributed by atoms with E-state index in [0.717, 1.165) is 37.1 Å². The Hall–Kier alpha value is -1.10. The second-order valence-electron chi connectivity index (χ2n) is 5.37. The number of hydrogen-bond donors (Lipinski definition) is 1. The molecule has 0 unspecified atom stereocenters. The minimum atomic E-state index is 0.478. The van der Waals surface area contributed by atoms with Crippen LogP contribution in [0.1, 0.15) is 18.5 Å². The molecule has 0 amide bonds. The molecule has 1 fully saturated rings. The zero-order valence-electron chi connectivity index (χ0n) is 11.8. The Morgan fingerprint density at radius 2 is 1.76 bits per heavy atom. The Balaban J connectivity index is 1.81. The number of nitrogens with one attached hydrogen (secondary N) is 1. The van der Waals surface area contributed by atoms with Gasteiger partial charge in [-0.2, -0.15) is 0 Å². The summed E-state index contributed by atoms with van der Waals surface area (Å²) in [6, 6.07) is 3.46. The fourth-order valence-electron chi connectivity index (χ4n) is 2.51. The van der Waals surface area contributed by atoms with E-state index in [2.05, 4.69) is 15.3 Å². The lowest BCUT2D eigenvalue weighted by Gasteiger charge is -2.22. The van der Waals surface area contributed by atoms with E-state index >= 15 is 0 Å². The van der Waals surface area contributed by atoms with E-state index in [4.69, 9.17) is 27.9 Å². The molecule has 0 saturated carbocycles. The molecular formula is C15H17Cl2N3O. The van der Waals surface area contributed by atoms with Crippen molar-refractivity contribution in [3.8, 4) is 5.88 Å². The predicted octanol–water partition coefficient (Wildman–Crippen LogP) is 3.62. The molecule has 1 aromatic carbocycles. The maximum absolute atomic E-state index is 6.03. The van der Waals surface area contributed by atoms with E-state index in [1.54, 1.807) is 12.1 Å². The third kappa shape index (κ3) is 3.39. The highest BCUT2D eigenvalue weighted by atomic mass is 35.5. The van der Waals surface area contributed by atoms with Gasteiger partial charge in [0, 0.05) is 0 Å². The molecule has 0 bridgehead atoms. The van der Waals surface area contributed by atoms with Gasteiger partial charge >= 0.3 is 0 Å². The third-order valence-electron chi connectivity index (χ3n) is 3.75. The van der Waals surface area contributed by atoms with Crippen molar-refractivity contribution >= 4 is 34.2 Å². The zero-order valence-corrected chi connectivity index (χ0v) is 13.3. The summed E-state index contributed by atoms with van der Waals surface area (Å²) in [5.41, 5.74) is 2.21. The van der Waals surface area contributed by atoms with Gasteiger partial charge in [0.2, 0.25) is 5.88 Å². The molecule has 112 valence electrons. The van der Waals surface area contributed by atoms with Crippen LogP contribution in [0.5, 0.6) is 5.88 Å². The molecule has 1 aliphatic heterocycles. The van der Waals surface area contributed by atoms with Crippen LogP contribution in [-0.4, -0.2) is 29.7 Å². The number of piperidine rings is 1. The molecule has 0 radical (unpaired) electrons. The van der Waals surface area contributed by atoms with Crippen LogP contribution in [0.4, 0.5) is 0 Å². The van der Waals surface area contributed by atoms with E-state index in [-0.39, 0.29) is 0 Å². The number of hydrogen-bond acceptors (Lipinski definition) is 4. The number of benzene rings is 1. The van der Waals surface area contributed by atoms with Crippen LogP contribution >= 0.6 is 23.2 Å². The maximum Gasteiger partial charge on any atom is 0.235 e. The molecule has 2 heterocycles. The lowest BCUT2D eigenvalue weighted by atomic mass is 9.99. The van der Waals surface area contributed by atoms with Gasteiger partial charge in [0.1, 0.15) is 5.69 Å².